The van der Waals surface area contributed by atoms with Crippen molar-refractivity contribution >= 4 is 11.9 Å². The van der Waals surface area contributed by atoms with Crippen LogP contribution < -0.4 is 11.1 Å². The Labute approximate surface area is 144 Å². The van der Waals surface area contributed by atoms with Crippen LogP contribution in [0.3, 0.4) is 0 Å². The number of amides is 1. The molecule has 3 aromatic heterocycles. The first kappa shape index (κ1) is 16.6. The lowest BCUT2D eigenvalue weighted by molar-refractivity contribution is -0.121. The molecule has 0 aromatic carbocycles. The summed E-state index contributed by atoms with van der Waals surface area (Å²) in [5.41, 5.74) is 7.33. The van der Waals surface area contributed by atoms with E-state index in [1.54, 1.807) is 17.1 Å². The van der Waals surface area contributed by atoms with Gasteiger partial charge >= 0.3 is 0 Å². The number of anilines is 1. The van der Waals surface area contributed by atoms with Crippen LogP contribution in [0.4, 0.5) is 5.95 Å². The third kappa shape index (κ3) is 3.82. The summed E-state index contributed by atoms with van der Waals surface area (Å²) in [4.78, 5) is 20.4. The fourth-order valence-electron chi connectivity index (χ4n) is 2.60. The fourth-order valence-corrected chi connectivity index (χ4v) is 2.60. The molecule has 3 rings (SSSR count). The largest absolute Gasteiger partial charge is 0.367 e. The second-order valence-corrected chi connectivity index (χ2v) is 5.71. The van der Waals surface area contributed by atoms with E-state index in [0.29, 0.717) is 18.7 Å². The Hall–Kier alpha value is -3.23. The number of aromatic nitrogens is 6. The fraction of sp³-hybridized carbons (Fsp3) is 0.312. The molecule has 3 heterocycles. The van der Waals surface area contributed by atoms with Crippen molar-refractivity contribution in [2.75, 3.05) is 5.73 Å². The molecular weight excluding hydrogens is 320 g/mol. The molecule has 1 amide bonds. The average Bonchev–Trinajstić information content (AvgIpc) is 3.19. The van der Waals surface area contributed by atoms with Gasteiger partial charge in [-0.15, -0.1) is 5.10 Å². The van der Waals surface area contributed by atoms with Crippen LogP contribution in [-0.2, 0) is 11.2 Å². The number of hydrogen-bond donors (Lipinski definition) is 3. The first-order chi connectivity index (χ1) is 12.0. The van der Waals surface area contributed by atoms with Crippen molar-refractivity contribution in [3.63, 3.8) is 0 Å². The van der Waals surface area contributed by atoms with Gasteiger partial charge in [-0.25, -0.2) is 9.67 Å². The molecule has 25 heavy (non-hydrogen) atoms. The number of aromatic amines is 1. The Bertz CT molecular complexity index is 854. The Morgan fingerprint density at radius 2 is 2.28 bits per heavy atom. The van der Waals surface area contributed by atoms with Crippen LogP contribution in [0.1, 0.15) is 36.5 Å². The third-order valence-electron chi connectivity index (χ3n) is 3.90. The molecule has 130 valence electrons. The minimum absolute atomic E-state index is 0.0764. The Morgan fingerprint density at radius 1 is 1.44 bits per heavy atom. The van der Waals surface area contributed by atoms with E-state index >= 15 is 0 Å². The highest BCUT2D eigenvalue weighted by molar-refractivity contribution is 5.76. The summed E-state index contributed by atoms with van der Waals surface area (Å²) in [6.45, 7) is 3.88. The molecule has 0 aliphatic heterocycles. The summed E-state index contributed by atoms with van der Waals surface area (Å²) < 4.78 is 1.76. The predicted octanol–water partition coefficient (Wildman–Crippen LogP) is 1.09. The lowest BCUT2D eigenvalue weighted by atomic mass is 10.1. The zero-order chi connectivity index (χ0) is 17.8. The topological polar surface area (TPSA) is 127 Å². The first-order valence-electron chi connectivity index (χ1n) is 7.96. The highest BCUT2D eigenvalue weighted by atomic mass is 16.1. The maximum Gasteiger partial charge on any atom is 0.239 e. The number of nitrogens with one attached hydrogen (secondary N) is 2. The van der Waals surface area contributed by atoms with E-state index in [2.05, 4.69) is 30.6 Å². The summed E-state index contributed by atoms with van der Waals surface area (Å²) in [6, 6.07) is 5.49. The lowest BCUT2D eigenvalue weighted by Gasteiger charge is -2.14. The van der Waals surface area contributed by atoms with Crippen LogP contribution in [0, 0.1) is 6.92 Å². The number of nitrogen functional groups attached to an aromatic ring is 1. The molecule has 0 saturated heterocycles. The smallest absolute Gasteiger partial charge is 0.239 e. The SMILES string of the molecule is Cc1c([C@@H](C)NC(=O)CCc2nc(N)n[nH]2)cnn1-c1ccccn1. The summed E-state index contributed by atoms with van der Waals surface area (Å²) >= 11 is 0. The maximum absolute atomic E-state index is 12.2. The molecule has 0 bridgehead atoms. The molecule has 9 heteroatoms. The van der Waals surface area contributed by atoms with Crippen LogP contribution >= 0.6 is 0 Å². The zero-order valence-electron chi connectivity index (χ0n) is 14.1. The molecule has 0 saturated carbocycles. The number of nitrogens with zero attached hydrogens (tertiary/aromatic N) is 5. The van der Waals surface area contributed by atoms with Gasteiger partial charge in [0.1, 0.15) is 5.82 Å². The highest BCUT2D eigenvalue weighted by Gasteiger charge is 2.17. The van der Waals surface area contributed by atoms with Gasteiger partial charge in [0.2, 0.25) is 11.9 Å². The van der Waals surface area contributed by atoms with Gasteiger partial charge in [0.15, 0.2) is 5.82 Å². The van der Waals surface area contributed by atoms with Gasteiger partial charge in [0.05, 0.1) is 12.2 Å². The van der Waals surface area contributed by atoms with E-state index in [0.717, 1.165) is 17.1 Å². The monoisotopic (exact) mass is 340 g/mol. The number of pyridine rings is 1. The van der Waals surface area contributed by atoms with E-state index in [-0.39, 0.29) is 17.9 Å². The van der Waals surface area contributed by atoms with Gasteiger partial charge in [-0.3, -0.25) is 9.89 Å². The minimum atomic E-state index is -0.162. The van der Waals surface area contributed by atoms with Crippen molar-refractivity contribution in [2.24, 2.45) is 0 Å². The predicted molar refractivity (Wildman–Crippen MR) is 91.8 cm³/mol. The van der Waals surface area contributed by atoms with Crippen molar-refractivity contribution in [1.82, 2.24) is 35.3 Å². The van der Waals surface area contributed by atoms with E-state index in [4.69, 9.17) is 5.73 Å². The molecular formula is C16H20N8O. The number of H-pyrrole nitrogens is 1. The van der Waals surface area contributed by atoms with Crippen LogP contribution in [0.25, 0.3) is 5.82 Å². The number of carbonyl (C=O) groups is 1. The van der Waals surface area contributed by atoms with Crippen LogP contribution in [0.2, 0.25) is 0 Å². The van der Waals surface area contributed by atoms with Crippen LogP contribution in [-0.4, -0.2) is 35.9 Å². The molecule has 0 aliphatic rings. The van der Waals surface area contributed by atoms with Crippen LogP contribution in [0.15, 0.2) is 30.6 Å². The summed E-state index contributed by atoms with van der Waals surface area (Å²) in [7, 11) is 0. The summed E-state index contributed by atoms with van der Waals surface area (Å²) in [5, 5.41) is 13.8. The van der Waals surface area contributed by atoms with E-state index in [1.165, 1.54) is 0 Å². The van der Waals surface area contributed by atoms with Crippen molar-refractivity contribution in [3.8, 4) is 5.82 Å². The van der Waals surface area contributed by atoms with Gasteiger partial charge in [0, 0.05) is 30.3 Å². The van der Waals surface area contributed by atoms with Crippen molar-refractivity contribution in [1.29, 1.82) is 0 Å². The highest BCUT2D eigenvalue weighted by Crippen LogP contribution is 2.19. The van der Waals surface area contributed by atoms with Crippen molar-refractivity contribution in [3.05, 3.63) is 47.7 Å². The Kier molecular flexibility index (Phi) is 4.73. The van der Waals surface area contributed by atoms with Gasteiger partial charge in [-0.1, -0.05) is 6.07 Å². The number of nitrogens with two attached hydrogens (primary N) is 1. The number of rotatable bonds is 6. The lowest BCUT2D eigenvalue weighted by Crippen LogP contribution is -2.27. The van der Waals surface area contributed by atoms with Crippen molar-refractivity contribution in [2.45, 2.75) is 32.7 Å². The molecule has 3 aromatic rings. The van der Waals surface area contributed by atoms with Crippen molar-refractivity contribution < 1.29 is 4.79 Å². The Balaban J connectivity index is 1.62. The van der Waals surface area contributed by atoms with Crippen LogP contribution in [0.5, 0.6) is 0 Å². The molecule has 0 spiro atoms. The average molecular weight is 340 g/mol. The molecule has 0 unspecified atom stereocenters. The van der Waals surface area contributed by atoms with Gasteiger partial charge in [0.25, 0.3) is 0 Å². The zero-order valence-corrected chi connectivity index (χ0v) is 14.1. The number of aryl methyl sites for hydroxylation is 1. The van der Waals surface area contributed by atoms with Gasteiger partial charge in [-0.05, 0) is 26.0 Å². The maximum atomic E-state index is 12.2. The number of hydrogen-bond acceptors (Lipinski definition) is 6. The molecule has 0 radical (unpaired) electrons. The van der Waals surface area contributed by atoms with E-state index < -0.39 is 0 Å². The second-order valence-electron chi connectivity index (χ2n) is 5.71. The quantitative estimate of drug-likeness (QED) is 0.616. The van der Waals surface area contributed by atoms with Gasteiger partial charge < -0.3 is 11.1 Å². The summed E-state index contributed by atoms with van der Waals surface area (Å²) in [6.07, 6.45) is 4.23. The third-order valence-corrected chi connectivity index (χ3v) is 3.90. The molecule has 1 atom stereocenters. The van der Waals surface area contributed by atoms with E-state index in [1.807, 2.05) is 32.0 Å². The molecule has 0 fully saturated rings. The minimum Gasteiger partial charge on any atom is -0.367 e. The first-order valence-corrected chi connectivity index (χ1v) is 7.96. The standard InChI is InChI=1S/C16H20N8O/c1-10(20-15(25)7-6-13-21-16(17)23-22-13)12-9-19-24(11(12)2)14-5-3-4-8-18-14/h3-5,8-10H,6-7H2,1-2H3,(H,20,25)(H3,17,21,22,23)/t10-/m1/s1. The van der Waals surface area contributed by atoms with E-state index in [9.17, 15) is 4.79 Å². The van der Waals surface area contributed by atoms with Gasteiger partial charge in [-0.2, -0.15) is 10.1 Å². The molecule has 4 N–H and O–H groups in total. The number of carbonyl (C=O) groups excluding carboxylic acids is 1. The molecule has 0 aliphatic carbocycles. The second kappa shape index (κ2) is 7.12. The summed E-state index contributed by atoms with van der Waals surface area (Å²) in [5.74, 6) is 1.45. The normalized spacial score (nSPS) is 12.1. The molecule has 9 nitrogen and oxygen atoms in total. The Morgan fingerprint density at radius 3 is 2.96 bits per heavy atom.